The van der Waals surface area contributed by atoms with Crippen molar-refractivity contribution in [3.63, 3.8) is 0 Å². The zero-order chi connectivity index (χ0) is 22.5. The highest BCUT2D eigenvalue weighted by atomic mass is 32.2. The van der Waals surface area contributed by atoms with E-state index in [1.54, 1.807) is 24.3 Å². The maximum absolute atomic E-state index is 13.2. The van der Waals surface area contributed by atoms with E-state index >= 15 is 0 Å². The van der Waals surface area contributed by atoms with Crippen LogP contribution in [0.15, 0.2) is 47.4 Å². The molecule has 2 aromatic rings. The van der Waals surface area contributed by atoms with Crippen LogP contribution in [0.3, 0.4) is 0 Å². The SMILES string of the molecule is Cc1ccc(NC(=S)Nc2ccc(S(=O)(=O)NC34CC5CC(CC(C5)C3)C4)cc2)c(C)c1. The average Bonchev–Trinajstić information content (AvgIpc) is 2.69. The fraction of sp³-hybridized carbons (Fsp3) is 0.480. The number of benzene rings is 2. The van der Waals surface area contributed by atoms with Gasteiger partial charge in [0.15, 0.2) is 5.11 Å². The minimum atomic E-state index is -3.55. The van der Waals surface area contributed by atoms with Crippen molar-refractivity contribution in [3.05, 3.63) is 53.6 Å². The molecule has 0 unspecified atom stereocenters. The number of rotatable bonds is 5. The molecule has 4 aliphatic rings. The fourth-order valence-corrected chi connectivity index (χ4v) is 8.20. The Hall–Kier alpha value is -1.96. The van der Waals surface area contributed by atoms with Crippen molar-refractivity contribution in [3.8, 4) is 0 Å². The molecule has 0 saturated heterocycles. The van der Waals surface area contributed by atoms with Gasteiger partial charge in [0.2, 0.25) is 10.0 Å². The third-order valence-electron chi connectivity index (χ3n) is 7.44. The minimum absolute atomic E-state index is 0.234. The molecule has 2 aromatic carbocycles. The molecule has 4 aliphatic carbocycles. The van der Waals surface area contributed by atoms with Crippen LogP contribution < -0.4 is 15.4 Å². The van der Waals surface area contributed by atoms with Crippen molar-refractivity contribution >= 4 is 38.7 Å². The first-order valence-corrected chi connectivity index (χ1v) is 13.4. The van der Waals surface area contributed by atoms with E-state index in [9.17, 15) is 8.42 Å². The van der Waals surface area contributed by atoms with E-state index in [1.165, 1.54) is 24.8 Å². The Labute approximate surface area is 196 Å². The molecule has 4 bridgehead atoms. The number of anilines is 2. The molecule has 6 rings (SSSR count). The van der Waals surface area contributed by atoms with Crippen molar-refractivity contribution in [1.82, 2.24) is 4.72 Å². The molecular weight excluding hydrogens is 438 g/mol. The molecule has 0 amide bonds. The highest BCUT2D eigenvalue weighted by Crippen LogP contribution is 2.55. The Morgan fingerprint density at radius 1 is 0.906 bits per heavy atom. The molecule has 0 heterocycles. The zero-order valence-corrected chi connectivity index (χ0v) is 20.3. The van der Waals surface area contributed by atoms with Crippen LogP contribution in [0.4, 0.5) is 11.4 Å². The second-order valence-electron chi connectivity index (χ2n) is 10.2. The number of sulfonamides is 1. The number of hydrogen-bond acceptors (Lipinski definition) is 3. The summed E-state index contributed by atoms with van der Waals surface area (Å²) in [5, 5.41) is 6.82. The maximum Gasteiger partial charge on any atom is 0.241 e. The molecule has 0 aromatic heterocycles. The molecule has 4 fully saturated rings. The standard InChI is InChI=1S/C25H31N3O2S2/c1-16-3-8-23(17(2)9-16)27-24(31)26-21-4-6-22(7-5-21)32(29,30)28-25-13-18-10-19(14-25)12-20(11-18)15-25/h3-9,18-20,28H,10-15H2,1-2H3,(H2,26,27,31). The first-order chi connectivity index (χ1) is 15.2. The predicted octanol–water partition coefficient (Wildman–Crippen LogP) is 5.36. The summed E-state index contributed by atoms with van der Waals surface area (Å²) >= 11 is 5.44. The summed E-state index contributed by atoms with van der Waals surface area (Å²) in [4.78, 5) is 0.312. The smallest absolute Gasteiger partial charge is 0.241 e. The van der Waals surface area contributed by atoms with E-state index in [-0.39, 0.29) is 5.54 Å². The van der Waals surface area contributed by atoms with E-state index in [2.05, 4.69) is 28.3 Å². The predicted molar refractivity (Wildman–Crippen MR) is 133 cm³/mol. The zero-order valence-electron chi connectivity index (χ0n) is 18.6. The Kier molecular flexibility index (Phi) is 5.55. The molecule has 32 heavy (non-hydrogen) atoms. The van der Waals surface area contributed by atoms with Gasteiger partial charge in [-0.05, 0) is 118 Å². The summed E-state index contributed by atoms with van der Waals surface area (Å²) < 4.78 is 29.5. The van der Waals surface area contributed by atoms with Gasteiger partial charge in [0.25, 0.3) is 0 Å². The van der Waals surface area contributed by atoms with Gasteiger partial charge in [-0.2, -0.15) is 0 Å². The van der Waals surface area contributed by atoms with Crippen LogP contribution in [0, 0.1) is 31.6 Å². The summed E-state index contributed by atoms with van der Waals surface area (Å²) in [6.45, 7) is 4.09. The van der Waals surface area contributed by atoms with E-state index in [4.69, 9.17) is 12.2 Å². The van der Waals surface area contributed by atoms with E-state index in [0.29, 0.717) is 27.8 Å². The van der Waals surface area contributed by atoms with Crippen molar-refractivity contribution in [2.75, 3.05) is 10.6 Å². The summed E-state index contributed by atoms with van der Waals surface area (Å²) in [6, 6.07) is 13.0. The second kappa shape index (κ2) is 8.12. The lowest BCUT2D eigenvalue weighted by molar-refractivity contribution is -0.00810. The monoisotopic (exact) mass is 469 g/mol. The molecule has 170 valence electrons. The summed E-state index contributed by atoms with van der Waals surface area (Å²) in [7, 11) is -3.55. The van der Waals surface area contributed by atoms with Crippen LogP contribution in [-0.4, -0.2) is 19.1 Å². The van der Waals surface area contributed by atoms with Gasteiger partial charge in [-0.1, -0.05) is 17.7 Å². The van der Waals surface area contributed by atoms with Crippen LogP contribution >= 0.6 is 12.2 Å². The number of thiocarbonyl (C=S) groups is 1. The molecule has 0 spiro atoms. The molecule has 3 N–H and O–H groups in total. The fourth-order valence-electron chi connectivity index (χ4n) is 6.54. The van der Waals surface area contributed by atoms with Gasteiger partial charge in [-0.25, -0.2) is 13.1 Å². The number of aryl methyl sites for hydroxylation is 2. The largest absolute Gasteiger partial charge is 0.332 e. The van der Waals surface area contributed by atoms with Crippen molar-refractivity contribution in [2.24, 2.45) is 17.8 Å². The van der Waals surface area contributed by atoms with Crippen LogP contribution in [0.1, 0.15) is 49.7 Å². The number of nitrogens with one attached hydrogen (secondary N) is 3. The Morgan fingerprint density at radius 3 is 2.06 bits per heavy atom. The Balaban J connectivity index is 1.24. The molecule has 7 heteroatoms. The molecule has 4 saturated carbocycles. The summed E-state index contributed by atoms with van der Waals surface area (Å²) in [5.74, 6) is 2.09. The lowest BCUT2D eigenvalue weighted by atomic mass is 9.53. The maximum atomic E-state index is 13.2. The van der Waals surface area contributed by atoms with Crippen LogP contribution in [0.2, 0.25) is 0 Å². The van der Waals surface area contributed by atoms with E-state index < -0.39 is 10.0 Å². The molecular formula is C25H31N3O2S2. The normalized spacial score (nSPS) is 28.5. The van der Waals surface area contributed by atoms with Crippen LogP contribution in [-0.2, 0) is 10.0 Å². The highest BCUT2D eigenvalue weighted by molar-refractivity contribution is 7.89. The van der Waals surface area contributed by atoms with E-state index in [1.807, 2.05) is 19.1 Å². The van der Waals surface area contributed by atoms with Crippen LogP contribution in [0.5, 0.6) is 0 Å². The third kappa shape index (κ3) is 4.43. The molecule has 0 atom stereocenters. The Bertz CT molecular complexity index is 1110. The van der Waals surface area contributed by atoms with Crippen molar-refractivity contribution in [2.45, 2.75) is 62.8 Å². The highest BCUT2D eigenvalue weighted by Gasteiger charge is 2.52. The van der Waals surface area contributed by atoms with Crippen molar-refractivity contribution < 1.29 is 8.42 Å². The topological polar surface area (TPSA) is 70.2 Å². The van der Waals surface area contributed by atoms with Gasteiger partial charge in [0.05, 0.1) is 4.90 Å². The lowest BCUT2D eigenvalue weighted by Gasteiger charge is -2.56. The summed E-state index contributed by atoms with van der Waals surface area (Å²) in [6.07, 6.45) is 6.86. The third-order valence-corrected chi connectivity index (χ3v) is 9.24. The van der Waals surface area contributed by atoms with Gasteiger partial charge in [0.1, 0.15) is 0 Å². The van der Waals surface area contributed by atoms with Crippen molar-refractivity contribution in [1.29, 1.82) is 0 Å². The quantitative estimate of drug-likeness (QED) is 0.514. The van der Waals surface area contributed by atoms with Gasteiger partial charge in [-0.15, -0.1) is 0 Å². The summed E-state index contributed by atoms with van der Waals surface area (Å²) in [5.41, 5.74) is 3.78. The first-order valence-electron chi connectivity index (χ1n) is 11.5. The first kappa shape index (κ1) is 21.9. The number of hydrogen-bond donors (Lipinski definition) is 3. The van der Waals surface area contributed by atoms with Gasteiger partial charge in [-0.3, -0.25) is 0 Å². The Morgan fingerprint density at radius 2 is 1.50 bits per heavy atom. The lowest BCUT2D eigenvalue weighted by Crippen LogP contribution is -2.59. The molecule has 0 aliphatic heterocycles. The van der Waals surface area contributed by atoms with Gasteiger partial charge in [0, 0.05) is 16.9 Å². The minimum Gasteiger partial charge on any atom is -0.332 e. The second-order valence-corrected chi connectivity index (χ2v) is 12.3. The average molecular weight is 470 g/mol. The van der Waals surface area contributed by atoms with Gasteiger partial charge < -0.3 is 10.6 Å². The van der Waals surface area contributed by atoms with Crippen LogP contribution in [0.25, 0.3) is 0 Å². The van der Waals surface area contributed by atoms with Gasteiger partial charge >= 0.3 is 0 Å². The molecule has 0 radical (unpaired) electrons. The molecule has 5 nitrogen and oxygen atoms in total. The van der Waals surface area contributed by atoms with E-state index in [0.717, 1.165) is 36.2 Å².